The molecule has 21 heavy (non-hydrogen) atoms. The molecular weight excluding hydrogens is 286 g/mol. The van der Waals surface area contributed by atoms with Gasteiger partial charge in [0.2, 0.25) is 10.0 Å². The molecule has 0 fully saturated rings. The molecule has 1 aromatic heterocycles. The summed E-state index contributed by atoms with van der Waals surface area (Å²) in [4.78, 5) is 0. The van der Waals surface area contributed by atoms with Crippen molar-refractivity contribution in [2.24, 2.45) is 0 Å². The number of hydrogen-bond donors (Lipinski definition) is 1. The molecule has 0 saturated carbocycles. The van der Waals surface area contributed by atoms with Gasteiger partial charge < -0.3 is 0 Å². The fourth-order valence-corrected chi connectivity index (χ4v) is 3.55. The Morgan fingerprint density at radius 3 is 2.86 bits per heavy atom. The van der Waals surface area contributed by atoms with Gasteiger partial charge in [-0.05, 0) is 24.1 Å². The lowest BCUT2D eigenvalue weighted by Crippen LogP contribution is -2.39. The molecule has 3 rings (SSSR count). The van der Waals surface area contributed by atoms with Crippen molar-refractivity contribution in [3.63, 3.8) is 0 Å². The summed E-state index contributed by atoms with van der Waals surface area (Å²) in [6, 6.07) is 11.2. The van der Waals surface area contributed by atoms with Crippen molar-refractivity contribution < 1.29 is 8.42 Å². The molecular formula is C15H17N3O2S. The fourth-order valence-electron chi connectivity index (χ4n) is 2.47. The molecule has 0 radical (unpaired) electrons. The summed E-state index contributed by atoms with van der Waals surface area (Å²) < 4.78 is 28.9. The fraction of sp³-hybridized carbons (Fsp3) is 0.267. The standard InChI is InChI=1S/C15H17N3O2S/c19-21(20,11-8-13-4-2-1-3-5-13)17-14-7-10-18-15(12-14)6-9-16-18/h1-6,8-9,11,14,17H,7,10,12H2/b11-8+. The summed E-state index contributed by atoms with van der Waals surface area (Å²) in [7, 11) is -3.43. The molecule has 1 aliphatic rings. The number of aromatic nitrogens is 2. The van der Waals surface area contributed by atoms with Crippen LogP contribution >= 0.6 is 0 Å². The molecule has 1 N–H and O–H groups in total. The number of benzene rings is 1. The molecule has 1 atom stereocenters. The third-order valence-corrected chi connectivity index (χ3v) is 4.68. The van der Waals surface area contributed by atoms with E-state index in [-0.39, 0.29) is 6.04 Å². The zero-order valence-corrected chi connectivity index (χ0v) is 12.3. The quantitative estimate of drug-likeness (QED) is 0.936. The summed E-state index contributed by atoms with van der Waals surface area (Å²) in [5.74, 6) is 0. The van der Waals surface area contributed by atoms with Crippen LogP contribution in [0, 0.1) is 0 Å². The van der Waals surface area contributed by atoms with Gasteiger partial charge in [0.05, 0.1) is 0 Å². The van der Waals surface area contributed by atoms with E-state index in [1.54, 1.807) is 12.3 Å². The molecule has 5 nitrogen and oxygen atoms in total. The number of aryl methyl sites for hydroxylation is 1. The van der Waals surface area contributed by atoms with E-state index in [0.717, 1.165) is 24.2 Å². The Hall–Kier alpha value is -1.92. The topological polar surface area (TPSA) is 64.0 Å². The lowest BCUT2D eigenvalue weighted by atomic mass is 10.1. The van der Waals surface area contributed by atoms with Gasteiger partial charge in [-0.15, -0.1) is 0 Å². The van der Waals surface area contributed by atoms with E-state index in [1.165, 1.54) is 5.41 Å². The van der Waals surface area contributed by atoms with Crippen molar-refractivity contribution in [1.29, 1.82) is 0 Å². The van der Waals surface area contributed by atoms with Crippen LogP contribution in [0.2, 0.25) is 0 Å². The van der Waals surface area contributed by atoms with Gasteiger partial charge in [0.25, 0.3) is 0 Å². The minimum Gasteiger partial charge on any atom is -0.269 e. The highest BCUT2D eigenvalue weighted by atomic mass is 32.2. The average molecular weight is 303 g/mol. The molecule has 0 amide bonds. The lowest BCUT2D eigenvalue weighted by molar-refractivity contribution is 0.415. The maximum absolute atomic E-state index is 12.1. The van der Waals surface area contributed by atoms with Crippen molar-refractivity contribution in [3.05, 3.63) is 59.3 Å². The van der Waals surface area contributed by atoms with Gasteiger partial charge in [0.1, 0.15) is 0 Å². The second kappa shape index (κ2) is 5.83. The van der Waals surface area contributed by atoms with Crippen molar-refractivity contribution in [2.75, 3.05) is 0 Å². The van der Waals surface area contributed by atoms with Crippen LogP contribution in [0.4, 0.5) is 0 Å². The average Bonchev–Trinajstić information content (AvgIpc) is 2.93. The van der Waals surface area contributed by atoms with Gasteiger partial charge in [-0.25, -0.2) is 13.1 Å². The Balaban J connectivity index is 1.66. The van der Waals surface area contributed by atoms with Crippen molar-refractivity contribution in [3.8, 4) is 0 Å². The molecule has 1 aliphatic heterocycles. The van der Waals surface area contributed by atoms with E-state index in [2.05, 4.69) is 9.82 Å². The second-order valence-electron chi connectivity index (χ2n) is 5.11. The molecule has 1 unspecified atom stereocenters. The third kappa shape index (κ3) is 3.59. The normalized spacial score (nSPS) is 18.8. The maximum atomic E-state index is 12.1. The van der Waals surface area contributed by atoms with E-state index in [0.29, 0.717) is 6.42 Å². The third-order valence-electron chi connectivity index (χ3n) is 3.52. The van der Waals surface area contributed by atoms with Crippen LogP contribution in [0.1, 0.15) is 17.7 Å². The molecule has 1 aromatic carbocycles. The van der Waals surface area contributed by atoms with E-state index in [1.807, 2.05) is 41.1 Å². The van der Waals surface area contributed by atoms with E-state index < -0.39 is 10.0 Å². The summed E-state index contributed by atoms with van der Waals surface area (Å²) >= 11 is 0. The van der Waals surface area contributed by atoms with Crippen molar-refractivity contribution >= 4 is 16.1 Å². The largest absolute Gasteiger partial charge is 0.269 e. The van der Waals surface area contributed by atoms with Crippen LogP contribution in [-0.4, -0.2) is 24.2 Å². The molecule has 0 bridgehead atoms. The zero-order valence-electron chi connectivity index (χ0n) is 11.5. The highest BCUT2D eigenvalue weighted by Gasteiger charge is 2.22. The Morgan fingerprint density at radius 1 is 1.24 bits per heavy atom. The molecule has 0 aliphatic carbocycles. The lowest BCUT2D eigenvalue weighted by Gasteiger charge is -2.23. The number of sulfonamides is 1. The summed E-state index contributed by atoms with van der Waals surface area (Å²) in [6.45, 7) is 0.748. The Morgan fingerprint density at radius 2 is 2.05 bits per heavy atom. The van der Waals surface area contributed by atoms with Crippen LogP contribution in [0.25, 0.3) is 6.08 Å². The number of fused-ring (bicyclic) bond motifs is 1. The second-order valence-corrected chi connectivity index (χ2v) is 6.71. The first-order chi connectivity index (χ1) is 10.1. The van der Waals surface area contributed by atoms with Crippen LogP contribution in [0.3, 0.4) is 0 Å². The van der Waals surface area contributed by atoms with Crippen molar-refractivity contribution in [1.82, 2.24) is 14.5 Å². The summed E-state index contributed by atoms with van der Waals surface area (Å²) in [6.07, 6.45) is 4.79. The maximum Gasteiger partial charge on any atom is 0.233 e. The number of hydrogen-bond acceptors (Lipinski definition) is 3. The predicted octanol–water partition coefficient (Wildman–Crippen LogP) is 1.79. The minimum atomic E-state index is -3.43. The van der Waals surface area contributed by atoms with E-state index >= 15 is 0 Å². The van der Waals surface area contributed by atoms with Gasteiger partial charge in [-0.2, -0.15) is 5.10 Å². The highest BCUT2D eigenvalue weighted by Crippen LogP contribution is 2.15. The van der Waals surface area contributed by atoms with Crippen molar-refractivity contribution in [2.45, 2.75) is 25.4 Å². The van der Waals surface area contributed by atoms with Gasteiger partial charge in [-0.1, -0.05) is 30.3 Å². The van der Waals surface area contributed by atoms with Crippen LogP contribution in [0.5, 0.6) is 0 Å². The van der Waals surface area contributed by atoms with Crippen LogP contribution in [-0.2, 0) is 23.0 Å². The zero-order chi connectivity index (χ0) is 14.7. The Kier molecular flexibility index (Phi) is 3.90. The van der Waals surface area contributed by atoms with Gasteiger partial charge in [-0.3, -0.25) is 4.68 Å². The first-order valence-electron chi connectivity index (χ1n) is 6.88. The van der Waals surface area contributed by atoms with E-state index in [9.17, 15) is 8.42 Å². The number of nitrogens with one attached hydrogen (secondary N) is 1. The van der Waals surface area contributed by atoms with Crippen LogP contribution in [0.15, 0.2) is 48.0 Å². The van der Waals surface area contributed by atoms with E-state index in [4.69, 9.17) is 0 Å². The van der Waals surface area contributed by atoms with Gasteiger partial charge in [0.15, 0.2) is 0 Å². The summed E-state index contributed by atoms with van der Waals surface area (Å²) in [5.41, 5.74) is 1.94. The SMILES string of the molecule is O=S(=O)(/C=C/c1ccccc1)NC1CCn2nccc2C1. The molecule has 0 spiro atoms. The molecule has 6 heteroatoms. The van der Waals surface area contributed by atoms with Gasteiger partial charge in [0, 0.05) is 36.3 Å². The smallest absolute Gasteiger partial charge is 0.233 e. The molecule has 2 aromatic rings. The monoisotopic (exact) mass is 303 g/mol. The van der Waals surface area contributed by atoms with Crippen LogP contribution < -0.4 is 4.72 Å². The molecule has 110 valence electrons. The first kappa shape index (κ1) is 14.0. The first-order valence-corrected chi connectivity index (χ1v) is 8.43. The Bertz CT molecular complexity index is 735. The molecule has 2 heterocycles. The number of rotatable bonds is 4. The predicted molar refractivity (Wildman–Crippen MR) is 81.9 cm³/mol. The summed E-state index contributed by atoms with van der Waals surface area (Å²) in [5, 5.41) is 5.42. The molecule has 0 saturated heterocycles. The minimum absolute atomic E-state index is 0.0698. The Labute approximate surface area is 124 Å². The van der Waals surface area contributed by atoms with Gasteiger partial charge >= 0.3 is 0 Å². The highest BCUT2D eigenvalue weighted by molar-refractivity contribution is 7.92. The number of nitrogens with zero attached hydrogens (tertiary/aromatic N) is 2.